The molecule has 1 amide bonds. The molecule has 1 heterocycles. The van der Waals surface area contributed by atoms with E-state index in [0.29, 0.717) is 5.89 Å². The van der Waals surface area contributed by atoms with E-state index in [1.807, 2.05) is 30.3 Å². The number of oxazole rings is 1. The Morgan fingerprint density at radius 3 is 2.48 bits per heavy atom. The fourth-order valence-electron chi connectivity index (χ4n) is 1.87. The predicted molar refractivity (Wildman–Crippen MR) is 83.6 cm³/mol. The molecule has 112 valence electrons. The Balaban J connectivity index is 2.24. The molecule has 0 aliphatic rings. The van der Waals surface area contributed by atoms with Gasteiger partial charge in [-0.25, -0.2) is 4.98 Å². The highest BCUT2D eigenvalue weighted by atomic mass is 35.5. The zero-order valence-corrected chi connectivity index (χ0v) is 13.2. The molecule has 5 heteroatoms. The van der Waals surface area contributed by atoms with Gasteiger partial charge in [0.05, 0.1) is 5.69 Å². The first kappa shape index (κ1) is 15.6. The van der Waals surface area contributed by atoms with Crippen molar-refractivity contribution in [2.45, 2.75) is 32.7 Å². The Hall–Kier alpha value is -1.81. The van der Waals surface area contributed by atoms with E-state index in [-0.39, 0.29) is 23.7 Å². The minimum atomic E-state index is -0.182. The zero-order chi connectivity index (χ0) is 15.5. The number of halogens is 1. The molecule has 0 saturated heterocycles. The van der Waals surface area contributed by atoms with Gasteiger partial charge in [0.25, 0.3) is 0 Å². The Morgan fingerprint density at radius 2 is 1.95 bits per heavy atom. The topological polar surface area (TPSA) is 46.3 Å². The number of benzene rings is 1. The van der Waals surface area contributed by atoms with E-state index in [9.17, 15) is 4.79 Å². The summed E-state index contributed by atoms with van der Waals surface area (Å²) >= 11 is 5.70. The summed E-state index contributed by atoms with van der Waals surface area (Å²) in [6.07, 6.45) is 1.64. The number of hydrogen-bond acceptors (Lipinski definition) is 3. The first-order chi connectivity index (χ1) is 9.91. The van der Waals surface area contributed by atoms with E-state index >= 15 is 0 Å². The van der Waals surface area contributed by atoms with Crippen LogP contribution in [0.2, 0.25) is 0 Å². The first-order valence-electron chi connectivity index (χ1n) is 6.78. The maximum absolute atomic E-state index is 12.0. The van der Waals surface area contributed by atoms with Crippen molar-refractivity contribution >= 4 is 23.2 Å². The Morgan fingerprint density at radius 1 is 1.29 bits per heavy atom. The Labute approximate surface area is 129 Å². The molecule has 2 rings (SSSR count). The average Bonchev–Trinajstić information content (AvgIpc) is 2.93. The summed E-state index contributed by atoms with van der Waals surface area (Å²) in [5, 5.41) is 0. The standard InChI is InChI=1S/C16H19ClN2O2/c1-16(2,3)13-11-21-14(18-13)10-19(15(20)9-17)12-7-5-4-6-8-12/h4-8,11H,9-10H2,1-3H3. The number of alkyl halides is 1. The molecule has 0 aliphatic heterocycles. The minimum absolute atomic E-state index is 0.0816. The molecule has 4 nitrogen and oxygen atoms in total. The maximum Gasteiger partial charge on any atom is 0.242 e. The third kappa shape index (κ3) is 3.85. The summed E-state index contributed by atoms with van der Waals surface area (Å²) in [6, 6.07) is 9.37. The van der Waals surface area contributed by atoms with Crippen molar-refractivity contribution < 1.29 is 9.21 Å². The summed E-state index contributed by atoms with van der Waals surface area (Å²) in [5.74, 6) is 0.238. The second kappa shape index (κ2) is 6.31. The highest BCUT2D eigenvalue weighted by Crippen LogP contribution is 2.23. The smallest absolute Gasteiger partial charge is 0.242 e. The van der Waals surface area contributed by atoms with E-state index < -0.39 is 0 Å². The van der Waals surface area contributed by atoms with Crippen LogP contribution >= 0.6 is 11.6 Å². The second-order valence-corrected chi connectivity index (χ2v) is 6.09. The molecule has 0 saturated carbocycles. The molecule has 0 fully saturated rings. The number of para-hydroxylation sites is 1. The molecule has 0 bridgehead atoms. The van der Waals surface area contributed by atoms with Crippen molar-refractivity contribution in [1.29, 1.82) is 0 Å². The van der Waals surface area contributed by atoms with E-state index in [2.05, 4.69) is 25.8 Å². The van der Waals surface area contributed by atoms with E-state index in [4.69, 9.17) is 16.0 Å². The second-order valence-electron chi connectivity index (χ2n) is 5.83. The average molecular weight is 307 g/mol. The molecule has 2 aromatic rings. The van der Waals surface area contributed by atoms with Crippen LogP contribution in [-0.4, -0.2) is 16.8 Å². The number of hydrogen-bond donors (Lipinski definition) is 0. The minimum Gasteiger partial charge on any atom is -0.447 e. The summed E-state index contributed by atoms with van der Waals surface area (Å²) < 4.78 is 5.49. The number of carbonyl (C=O) groups excluding carboxylic acids is 1. The van der Waals surface area contributed by atoms with Crippen LogP contribution in [-0.2, 0) is 16.8 Å². The molecule has 0 radical (unpaired) electrons. The molecule has 0 N–H and O–H groups in total. The lowest BCUT2D eigenvalue weighted by Crippen LogP contribution is -2.31. The number of carbonyl (C=O) groups is 1. The maximum atomic E-state index is 12.0. The van der Waals surface area contributed by atoms with Crippen molar-refractivity contribution in [3.05, 3.63) is 48.2 Å². The van der Waals surface area contributed by atoms with Crippen LogP contribution in [0.1, 0.15) is 32.4 Å². The van der Waals surface area contributed by atoms with E-state index in [1.165, 1.54) is 0 Å². The SMILES string of the molecule is CC(C)(C)c1coc(CN(C(=O)CCl)c2ccccc2)n1. The highest BCUT2D eigenvalue weighted by Gasteiger charge is 2.21. The van der Waals surface area contributed by atoms with Gasteiger partial charge in [0, 0.05) is 11.1 Å². The molecule has 0 unspecified atom stereocenters. The lowest BCUT2D eigenvalue weighted by Gasteiger charge is -2.20. The van der Waals surface area contributed by atoms with Gasteiger partial charge >= 0.3 is 0 Å². The fourth-order valence-corrected chi connectivity index (χ4v) is 2.01. The van der Waals surface area contributed by atoms with Crippen molar-refractivity contribution in [3.8, 4) is 0 Å². The van der Waals surface area contributed by atoms with Gasteiger partial charge in [0.1, 0.15) is 18.7 Å². The predicted octanol–water partition coefficient (Wildman–Crippen LogP) is 3.74. The van der Waals surface area contributed by atoms with Crippen LogP contribution in [0.3, 0.4) is 0 Å². The summed E-state index contributed by atoms with van der Waals surface area (Å²) in [5.41, 5.74) is 1.55. The summed E-state index contributed by atoms with van der Waals surface area (Å²) in [4.78, 5) is 18.1. The van der Waals surface area contributed by atoms with Gasteiger partial charge in [-0.2, -0.15) is 0 Å². The lowest BCUT2D eigenvalue weighted by atomic mass is 9.93. The quantitative estimate of drug-likeness (QED) is 0.808. The number of anilines is 1. The number of rotatable bonds is 4. The number of aromatic nitrogens is 1. The van der Waals surface area contributed by atoms with Gasteiger partial charge in [0.2, 0.25) is 11.8 Å². The fraction of sp³-hybridized carbons (Fsp3) is 0.375. The molecular formula is C16H19ClN2O2. The summed E-state index contributed by atoms with van der Waals surface area (Å²) in [7, 11) is 0. The van der Waals surface area contributed by atoms with E-state index in [0.717, 1.165) is 11.4 Å². The molecule has 21 heavy (non-hydrogen) atoms. The molecule has 1 aromatic carbocycles. The summed E-state index contributed by atoms with van der Waals surface area (Å²) in [6.45, 7) is 6.46. The van der Waals surface area contributed by atoms with Gasteiger partial charge in [-0.15, -0.1) is 11.6 Å². The van der Waals surface area contributed by atoms with Crippen molar-refractivity contribution in [1.82, 2.24) is 4.98 Å². The van der Waals surface area contributed by atoms with E-state index in [1.54, 1.807) is 11.2 Å². The van der Waals surface area contributed by atoms with Crippen LogP contribution in [0.15, 0.2) is 41.0 Å². The van der Waals surface area contributed by atoms with Crippen LogP contribution in [0, 0.1) is 0 Å². The van der Waals surface area contributed by atoms with Crippen molar-refractivity contribution in [2.75, 3.05) is 10.8 Å². The largest absolute Gasteiger partial charge is 0.447 e. The molecule has 0 spiro atoms. The third-order valence-corrected chi connectivity index (χ3v) is 3.33. The number of amides is 1. The third-order valence-electron chi connectivity index (χ3n) is 3.10. The van der Waals surface area contributed by atoms with Crippen molar-refractivity contribution in [3.63, 3.8) is 0 Å². The van der Waals surface area contributed by atoms with Crippen LogP contribution in [0.25, 0.3) is 0 Å². The van der Waals surface area contributed by atoms with Crippen LogP contribution in [0.4, 0.5) is 5.69 Å². The monoisotopic (exact) mass is 306 g/mol. The normalized spacial score (nSPS) is 11.4. The van der Waals surface area contributed by atoms with Crippen LogP contribution < -0.4 is 4.90 Å². The van der Waals surface area contributed by atoms with Gasteiger partial charge in [0.15, 0.2) is 0 Å². The molecular weight excluding hydrogens is 288 g/mol. The van der Waals surface area contributed by atoms with Gasteiger partial charge < -0.3 is 9.32 Å². The lowest BCUT2D eigenvalue weighted by molar-refractivity contribution is -0.116. The number of nitrogens with zero attached hydrogens (tertiary/aromatic N) is 2. The highest BCUT2D eigenvalue weighted by molar-refractivity contribution is 6.29. The Kier molecular flexibility index (Phi) is 4.68. The van der Waals surface area contributed by atoms with Gasteiger partial charge in [-0.1, -0.05) is 39.0 Å². The zero-order valence-electron chi connectivity index (χ0n) is 12.5. The first-order valence-corrected chi connectivity index (χ1v) is 7.31. The van der Waals surface area contributed by atoms with Gasteiger partial charge in [-0.05, 0) is 12.1 Å². The molecule has 0 atom stereocenters. The molecule has 0 aliphatic carbocycles. The van der Waals surface area contributed by atoms with Crippen molar-refractivity contribution in [2.24, 2.45) is 0 Å². The van der Waals surface area contributed by atoms with Gasteiger partial charge in [-0.3, -0.25) is 4.79 Å². The Bertz CT molecular complexity index is 602. The molecule has 1 aromatic heterocycles. The van der Waals surface area contributed by atoms with Crippen LogP contribution in [0.5, 0.6) is 0 Å².